The number of methoxy groups -OCH3 is 1. The predicted octanol–water partition coefficient (Wildman–Crippen LogP) is 3.29. The van der Waals surface area contributed by atoms with Crippen LogP contribution in [0.15, 0.2) is 29.3 Å². The number of benzene rings is 1. The summed E-state index contributed by atoms with van der Waals surface area (Å²) in [7, 11) is 5.55. The van der Waals surface area contributed by atoms with Crippen molar-refractivity contribution in [1.82, 2.24) is 20.4 Å². The van der Waals surface area contributed by atoms with E-state index in [1.54, 1.807) is 7.11 Å². The number of anilines is 1. The normalized spacial score (nSPS) is 17.3. The molecule has 0 saturated carbocycles. The van der Waals surface area contributed by atoms with E-state index in [2.05, 4.69) is 64.6 Å². The van der Waals surface area contributed by atoms with Gasteiger partial charge in [0.2, 0.25) is 0 Å². The summed E-state index contributed by atoms with van der Waals surface area (Å²) in [5.74, 6) is 2.36. The molecule has 0 radical (unpaired) electrons. The van der Waals surface area contributed by atoms with Gasteiger partial charge in [0.1, 0.15) is 5.75 Å². The maximum Gasteiger partial charge on any atom is 0.191 e. The molecule has 1 aliphatic heterocycles. The summed E-state index contributed by atoms with van der Waals surface area (Å²) in [5.41, 5.74) is 4.88. The highest BCUT2D eigenvalue weighted by Gasteiger charge is 2.23. The van der Waals surface area contributed by atoms with Crippen LogP contribution in [-0.2, 0) is 13.5 Å². The fourth-order valence-corrected chi connectivity index (χ4v) is 4.18. The van der Waals surface area contributed by atoms with Crippen LogP contribution in [0, 0.1) is 19.8 Å². The molecule has 2 heterocycles. The number of nitrogens with zero attached hydrogens (tertiary/aromatic N) is 4. The van der Waals surface area contributed by atoms with E-state index >= 15 is 0 Å². The third kappa shape index (κ3) is 6.51. The average molecular weight is 540 g/mol. The molecule has 1 saturated heterocycles. The van der Waals surface area contributed by atoms with E-state index in [0.29, 0.717) is 5.92 Å². The van der Waals surface area contributed by atoms with Gasteiger partial charge in [0.05, 0.1) is 12.8 Å². The van der Waals surface area contributed by atoms with Crippen LogP contribution in [0.2, 0.25) is 0 Å². The van der Waals surface area contributed by atoms with Crippen LogP contribution in [-0.4, -0.2) is 55.6 Å². The Labute approximate surface area is 203 Å². The fraction of sp³-hybridized carbons (Fsp3) is 0.565. The smallest absolute Gasteiger partial charge is 0.191 e. The quantitative estimate of drug-likeness (QED) is 0.321. The molecule has 2 aromatic rings. The van der Waals surface area contributed by atoms with E-state index in [1.807, 2.05) is 24.8 Å². The molecule has 7 nitrogen and oxygen atoms in total. The molecule has 8 heteroatoms. The number of aryl methyl sites for hydroxylation is 2. The molecule has 0 bridgehead atoms. The molecule has 31 heavy (non-hydrogen) atoms. The topological polar surface area (TPSA) is 66.7 Å². The monoisotopic (exact) mass is 540 g/mol. The second kappa shape index (κ2) is 11.6. The van der Waals surface area contributed by atoms with Gasteiger partial charge >= 0.3 is 0 Å². The lowest BCUT2D eigenvalue weighted by Gasteiger charge is -2.21. The molecular formula is C23H37IN6O. The van der Waals surface area contributed by atoms with Crippen LogP contribution < -0.4 is 20.3 Å². The summed E-state index contributed by atoms with van der Waals surface area (Å²) in [6.07, 6.45) is 2.10. The fourth-order valence-electron chi connectivity index (χ4n) is 4.18. The van der Waals surface area contributed by atoms with E-state index in [9.17, 15) is 0 Å². The van der Waals surface area contributed by atoms with E-state index in [-0.39, 0.29) is 30.0 Å². The van der Waals surface area contributed by atoms with Gasteiger partial charge in [0, 0.05) is 57.2 Å². The number of ether oxygens (including phenoxy) is 1. The second-order valence-corrected chi connectivity index (χ2v) is 8.28. The van der Waals surface area contributed by atoms with Crippen LogP contribution in [0.5, 0.6) is 5.75 Å². The van der Waals surface area contributed by atoms with Crippen molar-refractivity contribution in [2.45, 2.75) is 39.7 Å². The molecular weight excluding hydrogens is 503 g/mol. The standard InChI is InChI=1S/C23H36N6O.HI/c1-16(12-22-17(2)27-28(5)18(22)3)26-23(24-4)25-14-19-10-11-29(15-19)20-8-7-9-21(13-20)30-6;/h7-9,13,16,19H,10-12,14-15H2,1-6H3,(H2,24,25,26);1H. The lowest BCUT2D eigenvalue weighted by molar-refractivity contribution is 0.415. The molecule has 0 spiro atoms. The predicted molar refractivity (Wildman–Crippen MR) is 139 cm³/mol. The minimum Gasteiger partial charge on any atom is -0.497 e. The van der Waals surface area contributed by atoms with Crippen LogP contribution in [0.25, 0.3) is 0 Å². The van der Waals surface area contributed by atoms with Crippen molar-refractivity contribution in [3.05, 3.63) is 41.2 Å². The largest absolute Gasteiger partial charge is 0.497 e. The van der Waals surface area contributed by atoms with Crippen LogP contribution >= 0.6 is 24.0 Å². The molecule has 1 aromatic carbocycles. The molecule has 2 unspecified atom stereocenters. The van der Waals surface area contributed by atoms with Crippen LogP contribution in [0.3, 0.4) is 0 Å². The summed E-state index contributed by atoms with van der Waals surface area (Å²) in [6.45, 7) is 9.43. The number of hydrogen-bond acceptors (Lipinski definition) is 4. The zero-order chi connectivity index (χ0) is 21.7. The maximum atomic E-state index is 5.36. The van der Waals surface area contributed by atoms with Crippen molar-refractivity contribution in [1.29, 1.82) is 0 Å². The Kier molecular flexibility index (Phi) is 9.46. The van der Waals surface area contributed by atoms with Gasteiger partial charge in [-0.2, -0.15) is 5.10 Å². The zero-order valence-corrected chi connectivity index (χ0v) is 21.9. The van der Waals surface area contributed by atoms with Crippen LogP contribution in [0.1, 0.15) is 30.3 Å². The first-order valence-electron chi connectivity index (χ1n) is 10.8. The Morgan fingerprint density at radius 3 is 2.77 bits per heavy atom. The zero-order valence-electron chi connectivity index (χ0n) is 19.6. The minimum atomic E-state index is 0. The van der Waals surface area contributed by atoms with E-state index in [4.69, 9.17) is 4.74 Å². The number of halogens is 1. The molecule has 2 atom stereocenters. The molecule has 1 fully saturated rings. The molecule has 1 aromatic heterocycles. The van der Waals surface area contributed by atoms with Gasteiger partial charge in [-0.25, -0.2) is 0 Å². The Bertz CT molecular complexity index is 881. The first-order valence-corrected chi connectivity index (χ1v) is 10.8. The number of guanidine groups is 1. The van der Waals surface area contributed by atoms with Gasteiger partial charge in [-0.15, -0.1) is 24.0 Å². The highest BCUT2D eigenvalue weighted by molar-refractivity contribution is 14.0. The Hall–Kier alpha value is -1.97. The van der Waals surface area contributed by atoms with Crippen molar-refractivity contribution >= 4 is 35.6 Å². The maximum absolute atomic E-state index is 5.36. The molecule has 3 rings (SSSR count). The lowest BCUT2D eigenvalue weighted by atomic mass is 10.1. The molecule has 1 aliphatic rings. The minimum absolute atomic E-state index is 0. The first kappa shape index (κ1) is 25.3. The third-order valence-corrected chi connectivity index (χ3v) is 6.04. The first-order chi connectivity index (χ1) is 14.4. The molecule has 172 valence electrons. The van der Waals surface area contributed by atoms with Crippen molar-refractivity contribution in [2.24, 2.45) is 18.0 Å². The molecule has 0 amide bonds. The van der Waals surface area contributed by atoms with Crippen molar-refractivity contribution in [2.75, 3.05) is 38.7 Å². The third-order valence-electron chi connectivity index (χ3n) is 6.04. The van der Waals surface area contributed by atoms with E-state index in [1.165, 1.54) is 23.4 Å². The second-order valence-electron chi connectivity index (χ2n) is 8.28. The van der Waals surface area contributed by atoms with Crippen molar-refractivity contribution in [3.63, 3.8) is 0 Å². The number of rotatable bonds is 7. The number of aliphatic imine (C=N–C) groups is 1. The lowest BCUT2D eigenvalue weighted by Crippen LogP contribution is -2.45. The van der Waals surface area contributed by atoms with Gasteiger partial charge in [-0.05, 0) is 57.2 Å². The Morgan fingerprint density at radius 2 is 2.13 bits per heavy atom. The Morgan fingerprint density at radius 1 is 1.35 bits per heavy atom. The number of aromatic nitrogens is 2. The molecule has 0 aliphatic carbocycles. The van der Waals surface area contributed by atoms with Gasteiger partial charge in [-0.1, -0.05) is 6.07 Å². The Balaban J connectivity index is 0.00000341. The van der Waals surface area contributed by atoms with Crippen LogP contribution in [0.4, 0.5) is 5.69 Å². The van der Waals surface area contributed by atoms with Crippen molar-refractivity contribution in [3.8, 4) is 5.75 Å². The highest BCUT2D eigenvalue weighted by atomic mass is 127. The highest BCUT2D eigenvalue weighted by Crippen LogP contribution is 2.26. The molecule has 2 N–H and O–H groups in total. The summed E-state index contributed by atoms with van der Waals surface area (Å²) < 4.78 is 7.32. The van der Waals surface area contributed by atoms with E-state index < -0.39 is 0 Å². The SMILES string of the molecule is CN=C(NCC1CCN(c2cccc(OC)c2)C1)NC(C)Cc1c(C)nn(C)c1C.I. The summed E-state index contributed by atoms with van der Waals surface area (Å²) in [6, 6.07) is 8.58. The van der Waals surface area contributed by atoms with Gasteiger partial charge in [0.15, 0.2) is 5.96 Å². The van der Waals surface area contributed by atoms with Gasteiger partial charge < -0.3 is 20.3 Å². The van der Waals surface area contributed by atoms with Gasteiger partial charge in [-0.3, -0.25) is 9.67 Å². The summed E-state index contributed by atoms with van der Waals surface area (Å²) in [4.78, 5) is 6.86. The summed E-state index contributed by atoms with van der Waals surface area (Å²) in [5, 5.41) is 11.6. The average Bonchev–Trinajstić information content (AvgIpc) is 3.31. The number of nitrogens with one attached hydrogen (secondary N) is 2. The van der Waals surface area contributed by atoms with E-state index in [0.717, 1.165) is 43.5 Å². The number of hydrogen-bond donors (Lipinski definition) is 2. The summed E-state index contributed by atoms with van der Waals surface area (Å²) >= 11 is 0. The van der Waals surface area contributed by atoms with Gasteiger partial charge in [0.25, 0.3) is 0 Å². The van der Waals surface area contributed by atoms with Crippen molar-refractivity contribution < 1.29 is 4.74 Å².